The molecule has 0 saturated heterocycles. The van der Waals surface area contributed by atoms with Crippen LogP contribution in [0, 0.1) is 6.07 Å². The Bertz CT molecular complexity index is 186. The first kappa shape index (κ1) is 12.5. The topological polar surface area (TPSA) is 25.8 Å². The number of aromatic nitrogens is 2. The second kappa shape index (κ2) is 9.62. The SMILES string of the molecule is CCCSc1nc[c-]cn1.[Zn+][Br]. The van der Waals surface area contributed by atoms with E-state index >= 15 is 0 Å². The van der Waals surface area contributed by atoms with E-state index in [-0.39, 0.29) is 0 Å². The molecule has 2 nitrogen and oxygen atoms in total. The summed E-state index contributed by atoms with van der Waals surface area (Å²) in [5, 5.41) is 0.848. The monoisotopic (exact) mass is 296 g/mol. The van der Waals surface area contributed by atoms with E-state index in [9.17, 15) is 0 Å². The van der Waals surface area contributed by atoms with Crippen molar-refractivity contribution in [3.8, 4) is 0 Å². The molecule has 1 rings (SSSR count). The Morgan fingerprint density at radius 2 is 2.08 bits per heavy atom. The second-order valence-corrected chi connectivity index (χ2v) is 2.88. The summed E-state index contributed by atoms with van der Waals surface area (Å²) in [6, 6.07) is 2.77. The first-order valence-electron chi connectivity index (χ1n) is 3.51. The van der Waals surface area contributed by atoms with Gasteiger partial charge in [-0.3, -0.25) is 9.97 Å². The third-order valence-corrected chi connectivity index (χ3v) is 2.02. The maximum absolute atomic E-state index is 4.01. The van der Waals surface area contributed by atoms with Gasteiger partial charge in [0.1, 0.15) is 0 Å². The zero-order valence-corrected chi connectivity index (χ0v) is 12.3. The van der Waals surface area contributed by atoms with Gasteiger partial charge in [-0.25, -0.2) is 0 Å². The van der Waals surface area contributed by atoms with Crippen LogP contribution in [0.25, 0.3) is 0 Å². The molecule has 1 aromatic heterocycles. The van der Waals surface area contributed by atoms with Gasteiger partial charge in [0.15, 0.2) is 5.16 Å². The summed E-state index contributed by atoms with van der Waals surface area (Å²) in [4.78, 5) is 8.03. The molecule has 1 heterocycles. The van der Waals surface area contributed by atoms with E-state index in [1.807, 2.05) is 0 Å². The van der Waals surface area contributed by atoms with Crippen molar-refractivity contribution in [2.45, 2.75) is 18.5 Å². The standard InChI is InChI=1S/C7H9N2S.BrH.Zn/c1-2-6-10-7-8-4-3-5-9-7;;/h4-5H,2,6H2,1H3;1H;/q-1;;+2/p-1. The van der Waals surface area contributed by atoms with Gasteiger partial charge in [-0.2, -0.15) is 0 Å². The van der Waals surface area contributed by atoms with Crippen LogP contribution in [0.15, 0.2) is 17.6 Å². The van der Waals surface area contributed by atoms with Crippen molar-refractivity contribution in [1.29, 1.82) is 0 Å². The van der Waals surface area contributed by atoms with Crippen molar-refractivity contribution in [1.82, 2.24) is 9.97 Å². The average molecular weight is 299 g/mol. The van der Waals surface area contributed by atoms with E-state index < -0.39 is 0 Å². The number of hydrogen-bond acceptors (Lipinski definition) is 3. The first-order valence-corrected chi connectivity index (χ1v) is 11.4. The second-order valence-electron chi connectivity index (χ2n) is 1.81. The van der Waals surface area contributed by atoms with E-state index in [1.54, 1.807) is 24.2 Å². The molecule has 0 bridgehead atoms. The van der Waals surface area contributed by atoms with Crippen LogP contribution in [0.2, 0.25) is 0 Å². The number of nitrogens with zero attached hydrogens (tertiary/aromatic N) is 2. The van der Waals surface area contributed by atoms with Crippen LogP contribution in [0.1, 0.15) is 13.3 Å². The van der Waals surface area contributed by atoms with Gasteiger partial charge in [-0.15, -0.1) is 12.4 Å². The van der Waals surface area contributed by atoms with Gasteiger partial charge in [0, 0.05) is 5.75 Å². The molecule has 0 aliphatic rings. The number of hydrogen-bond donors (Lipinski definition) is 0. The van der Waals surface area contributed by atoms with E-state index in [2.05, 4.69) is 36.6 Å². The summed E-state index contributed by atoms with van der Waals surface area (Å²) in [7, 11) is 0. The normalized spacial score (nSPS) is 8.67. The molecule has 0 atom stereocenters. The molecule has 5 heteroatoms. The van der Waals surface area contributed by atoms with Crippen molar-refractivity contribution >= 4 is 25.4 Å². The van der Waals surface area contributed by atoms with E-state index in [4.69, 9.17) is 0 Å². The molecule has 62 valence electrons. The van der Waals surface area contributed by atoms with Gasteiger partial charge in [-0.05, 0) is 6.42 Å². The van der Waals surface area contributed by atoms with E-state index in [0.717, 1.165) is 17.3 Å². The Kier molecular flexibility index (Phi) is 10.0. The third-order valence-electron chi connectivity index (χ3n) is 0.934. The molecule has 0 aromatic carbocycles. The Balaban J connectivity index is 0.000000561. The zero-order valence-electron chi connectivity index (χ0n) is 6.96. The van der Waals surface area contributed by atoms with Crippen LogP contribution in [-0.2, 0) is 16.3 Å². The van der Waals surface area contributed by atoms with Crippen LogP contribution in [0.5, 0.6) is 0 Å². The van der Waals surface area contributed by atoms with Gasteiger partial charge >= 0.3 is 30.0 Å². The van der Waals surface area contributed by atoms with Crippen molar-refractivity contribution in [3.63, 3.8) is 0 Å². The minimum atomic E-state index is 0.848. The van der Waals surface area contributed by atoms with Crippen LogP contribution in [0.4, 0.5) is 0 Å². The van der Waals surface area contributed by atoms with Gasteiger partial charge in [0.2, 0.25) is 0 Å². The summed E-state index contributed by atoms with van der Waals surface area (Å²) < 4.78 is 0. The quantitative estimate of drug-likeness (QED) is 0.371. The third kappa shape index (κ3) is 6.09. The summed E-state index contributed by atoms with van der Waals surface area (Å²) in [5.74, 6) is 1.09. The Labute approximate surface area is 94.0 Å². The number of thioether (sulfide) groups is 1. The van der Waals surface area contributed by atoms with Crippen molar-refractivity contribution in [2.75, 3.05) is 5.75 Å². The molecule has 1 aromatic rings. The Morgan fingerprint density at radius 3 is 2.58 bits per heavy atom. The fourth-order valence-corrected chi connectivity index (χ4v) is 1.16. The van der Waals surface area contributed by atoms with E-state index in [1.165, 1.54) is 16.3 Å². The summed E-state index contributed by atoms with van der Waals surface area (Å²) in [5.41, 5.74) is 0. The van der Waals surface area contributed by atoms with E-state index in [0.29, 0.717) is 0 Å². The van der Waals surface area contributed by atoms with Crippen molar-refractivity contribution < 1.29 is 16.3 Å². The molecule has 0 saturated carbocycles. The molecule has 0 spiro atoms. The molecule has 0 unspecified atom stereocenters. The Morgan fingerprint density at radius 1 is 1.50 bits per heavy atom. The summed E-state index contributed by atoms with van der Waals surface area (Å²) in [6.45, 7) is 2.14. The first-order chi connectivity index (χ1) is 5.93. The van der Waals surface area contributed by atoms with Crippen LogP contribution < -0.4 is 0 Å². The molecule has 0 radical (unpaired) electrons. The molecule has 0 fully saturated rings. The van der Waals surface area contributed by atoms with Gasteiger partial charge in [-0.1, -0.05) is 18.7 Å². The fraction of sp³-hybridized carbons (Fsp3) is 0.429. The molecule has 0 N–H and O–H groups in total. The van der Waals surface area contributed by atoms with Gasteiger partial charge in [0.25, 0.3) is 0 Å². The minimum absolute atomic E-state index is 0.848. The Hall–Kier alpha value is 0.533. The zero-order chi connectivity index (χ0) is 9.23. The van der Waals surface area contributed by atoms with Crippen LogP contribution in [0.3, 0.4) is 0 Å². The van der Waals surface area contributed by atoms with Gasteiger partial charge < -0.3 is 6.07 Å². The predicted molar refractivity (Wildman–Crippen MR) is 50.8 cm³/mol. The van der Waals surface area contributed by atoms with Gasteiger partial charge in [0.05, 0.1) is 0 Å². The number of rotatable bonds is 3. The fourth-order valence-electron chi connectivity index (χ4n) is 0.520. The molecule has 0 aliphatic heterocycles. The number of halogens is 1. The molecule has 12 heavy (non-hydrogen) atoms. The predicted octanol–water partition coefficient (Wildman–Crippen LogP) is 2.62. The molecule has 0 aliphatic carbocycles. The molecule has 0 amide bonds. The maximum atomic E-state index is 4.01. The molecular weight excluding hydrogens is 289 g/mol. The average Bonchev–Trinajstić information content (AvgIpc) is 2.19. The van der Waals surface area contributed by atoms with Crippen molar-refractivity contribution in [3.05, 3.63) is 18.5 Å². The van der Waals surface area contributed by atoms with Crippen LogP contribution >= 0.6 is 25.4 Å². The summed E-state index contributed by atoms with van der Waals surface area (Å²) >= 11 is 5.93. The summed E-state index contributed by atoms with van der Waals surface area (Å²) in [6.07, 6.45) is 4.45. The van der Waals surface area contributed by atoms with Crippen LogP contribution in [-0.4, -0.2) is 15.7 Å². The van der Waals surface area contributed by atoms with Crippen molar-refractivity contribution in [2.24, 2.45) is 0 Å². The molecular formula is C7H9BrN2SZn.